The molecule has 3 aliphatic rings. The monoisotopic (exact) mass is 368 g/mol. The fraction of sp³-hybridized carbons (Fsp3) is 0.680. The number of rotatable bonds is 5. The molecule has 26 heavy (non-hydrogen) atoms. The van der Waals surface area contributed by atoms with Crippen LogP contribution in [-0.2, 0) is 0 Å². The summed E-state index contributed by atoms with van der Waals surface area (Å²) in [5.74, 6) is 3.22. The summed E-state index contributed by atoms with van der Waals surface area (Å²) in [4.78, 5) is 0. The second-order valence-electron chi connectivity index (χ2n) is 10.0. The molecular weight excluding hydrogens is 328 g/mol. The first-order chi connectivity index (χ1) is 12.2. The van der Waals surface area contributed by atoms with Crippen LogP contribution < -0.4 is 0 Å². The van der Waals surface area contributed by atoms with Crippen molar-refractivity contribution in [3.63, 3.8) is 0 Å². The molecule has 0 aromatic rings. The van der Waals surface area contributed by atoms with Crippen LogP contribution in [0.2, 0.25) is 24.2 Å². The van der Waals surface area contributed by atoms with E-state index in [0.29, 0.717) is 5.92 Å². The fourth-order valence-corrected chi connectivity index (χ4v) is 10.8. The van der Waals surface area contributed by atoms with Crippen LogP contribution in [0.3, 0.4) is 0 Å². The lowest BCUT2D eigenvalue weighted by Gasteiger charge is -2.43. The third-order valence-electron chi connectivity index (χ3n) is 8.76. The molecule has 0 nitrogen and oxygen atoms in total. The topological polar surface area (TPSA) is 0 Å². The quantitative estimate of drug-likeness (QED) is 0.432. The Kier molecular flexibility index (Phi) is 5.59. The van der Waals surface area contributed by atoms with Crippen molar-refractivity contribution in [1.29, 1.82) is 0 Å². The van der Waals surface area contributed by atoms with Crippen molar-refractivity contribution in [2.45, 2.75) is 85.0 Å². The van der Waals surface area contributed by atoms with Gasteiger partial charge in [0, 0.05) is 5.92 Å². The second kappa shape index (κ2) is 7.30. The van der Waals surface area contributed by atoms with E-state index in [2.05, 4.69) is 78.9 Å². The first kappa shape index (κ1) is 19.9. The number of fused-ring (bicyclic) bond motifs is 1. The Morgan fingerprint density at radius 3 is 2.04 bits per heavy atom. The van der Waals surface area contributed by atoms with E-state index < -0.39 is 8.07 Å². The van der Waals surface area contributed by atoms with Gasteiger partial charge in [-0.15, -0.1) is 0 Å². The number of allylic oxidation sites excluding steroid dienone is 8. The SMILES string of the molecule is CCCC1CC([Si](C)(C)C(C)C2C(C)=C(C)C(C)=C2C)C2C=CC=CC12. The molecule has 0 aliphatic heterocycles. The molecule has 0 N–H and O–H groups in total. The molecule has 1 fully saturated rings. The highest BCUT2D eigenvalue weighted by atomic mass is 28.3. The number of hydrogen-bond donors (Lipinski definition) is 0. The minimum absolute atomic E-state index is 0.698. The van der Waals surface area contributed by atoms with E-state index in [9.17, 15) is 0 Å². The van der Waals surface area contributed by atoms with Crippen molar-refractivity contribution in [2.24, 2.45) is 23.7 Å². The van der Waals surface area contributed by atoms with Gasteiger partial charge in [0.25, 0.3) is 0 Å². The van der Waals surface area contributed by atoms with Crippen LogP contribution in [0, 0.1) is 23.7 Å². The van der Waals surface area contributed by atoms with Crippen molar-refractivity contribution in [3.05, 3.63) is 46.6 Å². The van der Waals surface area contributed by atoms with Crippen molar-refractivity contribution in [1.82, 2.24) is 0 Å². The summed E-state index contributed by atoms with van der Waals surface area (Å²) in [5, 5.41) is 0. The first-order valence-electron chi connectivity index (χ1n) is 10.9. The van der Waals surface area contributed by atoms with Crippen LogP contribution in [0.1, 0.15) is 60.8 Å². The van der Waals surface area contributed by atoms with Crippen LogP contribution in [0.5, 0.6) is 0 Å². The Hall–Kier alpha value is -0.823. The predicted octanol–water partition coefficient (Wildman–Crippen LogP) is 7.94. The van der Waals surface area contributed by atoms with Gasteiger partial charge in [0.1, 0.15) is 0 Å². The van der Waals surface area contributed by atoms with Crippen LogP contribution in [-0.4, -0.2) is 8.07 Å². The van der Waals surface area contributed by atoms with Crippen LogP contribution in [0.25, 0.3) is 0 Å². The van der Waals surface area contributed by atoms with Gasteiger partial charge in [-0.2, -0.15) is 0 Å². The largest absolute Gasteiger partial charge is 0.0808 e. The summed E-state index contributed by atoms with van der Waals surface area (Å²) in [6.45, 7) is 19.9. The zero-order valence-electron chi connectivity index (χ0n) is 18.4. The molecule has 5 atom stereocenters. The normalized spacial score (nSPS) is 33.4. The first-order valence-corrected chi connectivity index (χ1v) is 14.1. The van der Waals surface area contributed by atoms with Crippen molar-refractivity contribution < 1.29 is 0 Å². The standard InChI is InChI=1S/C25H40Si/c1-9-12-21-15-24(23-14-11-10-13-22(21)23)26(7,8)20(6)25-18(4)16(2)17(3)19(25)5/h10-11,13-14,20-25H,9,12,15H2,1-8H3. The third kappa shape index (κ3) is 3.05. The molecule has 1 heteroatoms. The Bertz CT molecular complexity index is 648. The molecule has 0 aromatic carbocycles. The lowest BCUT2D eigenvalue weighted by atomic mass is 9.84. The lowest BCUT2D eigenvalue weighted by molar-refractivity contribution is 0.390. The molecule has 0 heterocycles. The molecule has 0 saturated heterocycles. The van der Waals surface area contributed by atoms with Gasteiger partial charge in [-0.3, -0.25) is 0 Å². The maximum Gasteiger partial charge on any atom is 0.0548 e. The average molecular weight is 369 g/mol. The zero-order valence-corrected chi connectivity index (χ0v) is 19.4. The van der Waals surface area contributed by atoms with Gasteiger partial charge < -0.3 is 0 Å². The van der Waals surface area contributed by atoms with E-state index in [1.807, 2.05) is 0 Å². The summed E-state index contributed by atoms with van der Waals surface area (Å²) in [7, 11) is -1.41. The van der Waals surface area contributed by atoms with Crippen molar-refractivity contribution in [3.8, 4) is 0 Å². The van der Waals surface area contributed by atoms with Crippen LogP contribution >= 0.6 is 0 Å². The van der Waals surface area contributed by atoms with E-state index in [0.717, 1.165) is 28.8 Å². The molecule has 0 aromatic heterocycles. The van der Waals surface area contributed by atoms with Crippen LogP contribution in [0.15, 0.2) is 46.6 Å². The fourth-order valence-electron chi connectivity index (χ4n) is 6.54. The van der Waals surface area contributed by atoms with Gasteiger partial charge in [0.2, 0.25) is 0 Å². The van der Waals surface area contributed by atoms with E-state index in [1.54, 1.807) is 22.3 Å². The highest BCUT2D eigenvalue weighted by molar-refractivity contribution is 6.80. The maximum atomic E-state index is 2.71. The average Bonchev–Trinajstić information content (AvgIpc) is 3.08. The van der Waals surface area contributed by atoms with Gasteiger partial charge >= 0.3 is 0 Å². The third-order valence-corrected chi connectivity index (χ3v) is 14.0. The minimum Gasteiger partial charge on any atom is -0.0808 e. The zero-order chi connectivity index (χ0) is 19.2. The highest BCUT2D eigenvalue weighted by Gasteiger charge is 2.51. The minimum atomic E-state index is -1.41. The smallest absolute Gasteiger partial charge is 0.0548 e. The summed E-state index contributed by atoms with van der Waals surface area (Å²) >= 11 is 0. The molecule has 5 unspecified atom stereocenters. The molecule has 0 spiro atoms. The second-order valence-corrected chi connectivity index (χ2v) is 15.3. The Labute approximate surface area is 163 Å². The van der Waals surface area contributed by atoms with Gasteiger partial charge in [-0.25, -0.2) is 0 Å². The van der Waals surface area contributed by atoms with E-state index in [1.165, 1.54) is 19.3 Å². The van der Waals surface area contributed by atoms with Gasteiger partial charge in [0.15, 0.2) is 0 Å². The molecule has 144 valence electrons. The maximum absolute atomic E-state index is 2.71. The Morgan fingerprint density at radius 2 is 1.50 bits per heavy atom. The molecular formula is C25H40Si. The number of hydrogen-bond acceptors (Lipinski definition) is 0. The molecule has 3 aliphatic carbocycles. The van der Waals surface area contributed by atoms with Gasteiger partial charge in [0.05, 0.1) is 8.07 Å². The molecule has 0 amide bonds. The molecule has 1 saturated carbocycles. The van der Waals surface area contributed by atoms with Gasteiger partial charge in [-0.05, 0) is 74.1 Å². The van der Waals surface area contributed by atoms with Crippen molar-refractivity contribution in [2.75, 3.05) is 0 Å². The summed E-state index contributed by atoms with van der Waals surface area (Å²) in [6.07, 6.45) is 14.0. The van der Waals surface area contributed by atoms with E-state index in [4.69, 9.17) is 0 Å². The predicted molar refractivity (Wildman–Crippen MR) is 119 cm³/mol. The summed E-state index contributed by atoms with van der Waals surface area (Å²) in [6, 6.07) is 0. The summed E-state index contributed by atoms with van der Waals surface area (Å²) < 4.78 is 0. The molecule has 3 rings (SSSR count). The molecule has 0 radical (unpaired) electrons. The highest BCUT2D eigenvalue weighted by Crippen LogP contribution is 2.58. The van der Waals surface area contributed by atoms with E-state index in [-0.39, 0.29) is 0 Å². The summed E-state index contributed by atoms with van der Waals surface area (Å²) in [5.41, 5.74) is 8.21. The van der Waals surface area contributed by atoms with Crippen molar-refractivity contribution >= 4 is 8.07 Å². The van der Waals surface area contributed by atoms with Crippen LogP contribution in [0.4, 0.5) is 0 Å². The molecule has 0 bridgehead atoms. The van der Waals surface area contributed by atoms with E-state index >= 15 is 0 Å². The lowest BCUT2D eigenvalue weighted by Crippen LogP contribution is -2.42. The Balaban J connectivity index is 1.90. The Morgan fingerprint density at radius 1 is 0.962 bits per heavy atom. The van der Waals surface area contributed by atoms with Gasteiger partial charge in [-0.1, -0.05) is 75.2 Å².